The molecule has 1 saturated heterocycles. The number of nitrogens with one attached hydrogen (secondary N) is 1. The molecule has 0 aromatic heterocycles. The number of benzene rings is 2. The molecular weight excluding hydrogens is 368 g/mol. The van der Waals surface area contributed by atoms with E-state index in [1.807, 2.05) is 68.4 Å². The minimum atomic E-state index is -0.540. The lowest BCUT2D eigenvalue weighted by Crippen LogP contribution is -2.28. The summed E-state index contributed by atoms with van der Waals surface area (Å²) in [5, 5.41) is 2.79. The zero-order valence-electron chi connectivity index (χ0n) is 16.8. The van der Waals surface area contributed by atoms with Gasteiger partial charge in [0.2, 0.25) is 5.91 Å². The van der Waals surface area contributed by atoms with E-state index < -0.39 is 17.8 Å². The van der Waals surface area contributed by atoms with E-state index in [-0.39, 0.29) is 24.9 Å². The Hall–Kier alpha value is -3.15. The van der Waals surface area contributed by atoms with Crippen molar-refractivity contribution in [2.45, 2.75) is 32.7 Å². The quantitative estimate of drug-likeness (QED) is 0.731. The molecular formula is C23H26N2O4. The number of carbonyl (C=O) groups excluding carboxylic acids is 3. The van der Waals surface area contributed by atoms with Gasteiger partial charge in [-0.25, -0.2) is 0 Å². The Kier molecular flexibility index (Phi) is 6.65. The van der Waals surface area contributed by atoms with Gasteiger partial charge in [0.05, 0.1) is 5.92 Å². The number of hydrogen-bond donors (Lipinski definition) is 1. The van der Waals surface area contributed by atoms with E-state index in [0.29, 0.717) is 18.8 Å². The number of nitrogens with zero attached hydrogens (tertiary/aromatic N) is 1. The van der Waals surface area contributed by atoms with Crippen molar-refractivity contribution >= 4 is 23.5 Å². The highest BCUT2D eigenvalue weighted by molar-refractivity contribution is 5.94. The molecule has 0 aliphatic carbocycles. The maximum atomic E-state index is 12.3. The Labute approximate surface area is 170 Å². The molecule has 1 atom stereocenters. The first-order valence-electron chi connectivity index (χ1n) is 9.81. The van der Waals surface area contributed by atoms with Crippen LogP contribution in [-0.4, -0.2) is 35.8 Å². The van der Waals surface area contributed by atoms with Gasteiger partial charge in [-0.05, 0) is 23.1 Å². The number of anilines is 1. The molecule has 3 rings (SSSR count). The summed E-state index contributed by atoms with van der Waals surface area (Å²) < 4.78 is 5.18. The molecule has 0 radical (unpaired) electrons. The molecule has 1 unspecified atom stereocenters. The zero-order chi connectivity index (χ0) is 20.8. The first kappa shape index (κ1) is 20.6. The molecule has 0 saturated carbocycles. The van der Waals surface area contributed by atoms with E-state index in [4.69, 9.17) is 4.74 Å². The molecule has 1 aliphatic heterocycles. The molecule has 1 fully saturated rings. The van der Waals surface area contributed by atoms with E-state index >= 15 is 0 Å². The number of carbonyl (C=O) groups is 3. The second-order valence-corrected chi connectivity index (χ2v) is 7.56. The van der Waals surface area contributed by atoms with Crippen LogP contribution in [-0.2, 0) is 25.7 Å². The van der Waals surface area contributed by atoms with Crippen LogP contribution in [0.2, 0.25) is 0 Å². The predicted octanol–water partition coefficient (Wildman–Crippen LogP) is 3.34. The zero-order valence-corrected chi connectivity index (χ0v) is 16.8. The smallest absolute Gasteiger partial charge is 0.311 e. The fourth-order valence-electron chi connectivity index (χ4n) is 3.44. The van der Waals surface area contributed by atoms with Crippen molar-refractivity contribution in [2.24, 2.45) is 5.92 Å². The summed E-state index contributed by atoms with van der Waals surface area (Å²) in [4.78, 5) is 38.4. The number of amides is 2. The largest absolute Gasteiger partial charge is 0.455 e. The Bertz CT molecular complexity index is 879. The van der Waals surface area contributed by atoms with Gasteiger partial charge in [0, 0.05) is 25.2 Å². The van der Waals surface area contributed by atoms with E-state index in [9.17, 15) is 14.4 Å². The molecule has 1 heterocycles. The average molecular weight is 394 g/mol. The van der Waals surface area contributed by atoms with Gasteiger partial charge in [-0.1, -0.05) is 62.4 Å². The number of hydrogen-bond acceptors (Lipinski definition) is 4. The van der Waals surface area contributed by atoms with Gasteiger partial charge in [-0.15, -0.1) is 0 Å². The van der Waals surface area contributed by atoms with Gasteiger partial charge in [0.15, 0.2) is 6.61 Å². The summed E-state index contributed by atoms with van der Waals surface area (Å²) in [5.74, 6) is -1.26. The fraction of sp³-hybridized carbons (Fsp3) is 0.348. The highest BCUT2D eigenvalue weighted by Gasteiger charge is 2.35. The van der Waals surface area contributed by atoms with Crippen molar-refractivity contribution in [3.05, 3.63) is 65.7 Å². The fourth-order valence-corrected chi connectivity index (χ4v) is 3.44. The van der Waals surface area contributed by atoms with Gasteiger partial charge in [-0.3, -0.25) is 14.4 Å². The second kappa shape index (κ2) is 9.37. The van der Waals surface area contributed by atoms with E-state index in [1.165, 1.54) is 0 Å². The van der Waals surface area contributed by atoms with Crippen molar-refractivity contribution in [2.75, 3.05) is 18.5 Å². The molecule has 2 aromatic rings. The molecule has 29 heavy (non-hydrogen) atoms. The van der Waals surface area contributed by atoms with Crippen molar-refractivity contribution < 1.29 is 19.1 Å². The molecule has 6 heteroatoms. The lowest BCUT2D eigenvalue weighted by atomic mass is 10.0. The number of para-hydroxylation sites is 1. The van der Waals surface area contributed by atoms with Crippen LogP contribution in [0.1, 0.15) is 37.3 Å². The van der Waals surface area contributed by atoms with E-state index in [0.717, 1.165) is 11.1 Å². The lowest BCUT2D eigenvalue weighted by molar-refractivity contribution is -0.151. The SMILES string of the molecule is CC(C)c1ccccc1NC(=O)COC(=O)C1CC(=O)N(Cc2ccccc2)C1. The molecule has 2 amide bonds. The number of ether oxygens (including phenoxy) is 1. The first-order valence-corrected chi connectivity index (χ1v) is 9.81. The maximum absolute atomic E-state index is 12.3. The second-order valence-electron chi connectivity index (χ2n) is 7.56. The average Bonchev–Trinajstić information content (AvgIpc) is 3.07. The van der Waals surface area contributed by atoms with Crippen molar-refractivity contribution in [1.82, 2.24) is 4.90 Å². The van der Waals surface area contributed by atoms with Crippen molar-refractivity contribution in [1.29, 1.82) is 0 Å². The van der Waals surface area contributed by atoms with Gasteiger partial charge in [-0.2, -0.15) is 0 Å². The Morgan fingerprint density at radius 1 is 1.10 bits per heavy atom. The molecule has 2 aromatic carbocycles. The van der Waals surface area contributed by atoms with Crippen molar-refractivity contribution in [3.8, 4) is 0 Å². The molecule has 6 nitrogen and oxygen atoms in total. The first-order chi connectivity index (χ1) is 13.9. The summed E-state index contributed by atoms with van der Waals surface area (Å²) >= 11 is 0. The summed E-state index contributed by atoms with van der Waals surface area (Å²) in [6.45, 7) is 4.50. The van der Waals surface area contributed by atoms with Crippen LogP contribution < -0.4 is 5.32 Å². The summed E-state index contributed by atoms with van der Waals surface area (Å²) in [6, 6.07) is 17.2. The lowest BCUT2D eigenvalue weighted by Gasteiger charge is -2.16. The Morgan fingerprint density at radius 3 is 2.52 bits per heavy atom. The minimum absolute atomic E-state index is 0.0777. The van der Waals surface area contributed by atoms with E-state index in [1.54, 1.807) is 4.90 Å². The summed E-state index contributed by atoms with van der Waals surface area (Å²) in [6.07, 6.45) is 0.115. The van der Waals surface area contributed by atoms with Crippen LogP contribution in [0.4, 0.5) is 5.69 Å². The Morgan fingerprint density at radius 2 is 1.79 bits per heavy atom. The van der Waals surface area contributed by atoms with Gasteiger partial charge in [0.25, 0.3) is 5.91 Å². The number of likely N-dealkylation sites (tertiary alicyclic amines) is 1. The normalized spacial score (nSPS) is 16.2. The highest BCUT2D eigenvalue weighted by Crippen LogP contribution is 2.24. The third-order valence-electron chi connectivity index (χ3n) is 4.97. The van der Waals surface area contributed by atoms with Crippen LogP contribution >= 0.6 is 0 Å². The van der Waals surface area contributed by atoms with E-state index in [2.05, 4.69) is 5.32 Å². The van der Waals surface area contributed by atoms with Crippen molar-refractivity contribution in [3.63, 3.8) is 0 Å². The Balaban J connectivity index is 1.49. The monoisotopic (exact) mass is 394 g/mol. The molecule has 0 spiro atoms. The van der Waals surface area contributed by atoms with Crippen LogP contribution in [0.3, 0.4) is 0 Å². The third kappa shape index (κ3) is 5.44. The van der Waals surface area contributed by atoms with Crippen LogP contribution in [0.25, 0.3) is 0 Å². The molecule has 152 valence electrons. The van der Waals surface area contributed by atoms with Gasteiger partial charge in [0.1, 0.15) is 0 Å². The molecule has 0 bridgehead atoms. The molecule has 1 N–H and O–H groups in total. The molecule has 1 aliphatic rings. The maximum Gasteiger partial charge on any atom is 0.311 e. The third-order valence-corrected chi connectivity index (χ3v) is 4.97. The standard InChI is InChI=1S/C23H26N2O4/c1-16(2)19-10-6-7-11-20(19)24-21(26)15-29-23(28)18-12-22(27)25(14-18)13-17-8-4-3-5-9-17/h3-11,16,18H,12-15H2,1-2H3,(H,24,26). The van der Waals surface area contributed by atoms with Crippen LogP contribution in [0, 0.1) is 5.92 Å². The summed E-state index contributed by atoms with van der Waals surface area (Å²) in [5.41, 5.74) is 2.75. The predicted molar refractivity (Wildman–Crippen MR) is 110 cm³/mol. The summed E-state index contributed by atoms with van der Waals surface area (Å²) in [7, 11) is 0. The number of esters is 1. The van der Waals surface area contributed by atoms with Crippen LogP contribution in [0.5, 0.6) is 0 Å². The van der Waals surface area contributed by atoms with Crippen LogP contribution in [0.15, 0.2) is 54.6 Å². The minimum Gasteiger partial charge on any atom is -0.455 e. The number of rotatable bonds is 7. The van der Waals surface area contributed by atoms with Gasteiger partial charge >= 0.3 is 5.97 Å². The van der Waals surface area contributed by atoms with Gasteiger partial charge < -0.3 is 15.0 Å². The topological polar surface area (TPSA) is 75.7 Å². The highest BCUT2D eigenvalue weighted by atomic mass is 16.5.